The second-order valence-electron chi connectivity index (χ2n) is 9.16. The van der Waals surface area contributed by atoms with Crippen molar-refractivity contribution in [1.82, 2.24) is 34.7 Å². The van der Waals surface area contributed by atoms with Crippen LogP contribution in [0.25, 0.3) is 22.8 Å². The summed E-state index contributed by atoms with van der Waals surface area (Å²) in [5.74, 6) is 1.81. The SMILES string of the molecule is Cc1nn(C)c(O[C@@H](C)CCNc2cc(Cl)ncc2-c2ncc(C(C)(C)F)cn2)c1-c1nccc(N)n1. The molecule has 4 aromatic rings. The molecule has 0 spiro atoms. The van der Waals surface area contributed by atoms with Crippen LogP contribution in [0.4, 0.5) is 15.9 Å². The summed E-state index contributed by atoms with van der Waals surface area (Å²) in [5, 5.41) is 8.16. The Balaban J connectivity index is 1.46. The molecule has 0 radical (unpaired) electrons. The Bertz CT molecular complexity index is 1390. The third-order valence-corrected chi connectivity index (χ3v) is 5.91. The second kappa shape index (κ2) is 10.6. The zero-order chi connectivity index (χ0) is 26.7. The minimum absolute atomic E-state index is 0.176. The van der Waals surface area contributed by atoms with E-state index in [-0.39, 0.29) is 6.10 Å². The average Bonchev–Trinajstić information content (AvgIpc) is 3.11. The summed E-state index contributed by atoms with van der Waals surface area (Å²) in [7, 11) is 1.81. The van der Waals surface area contributed by atoms with E-state index in [0.29, 0.717) is 63.8 Å². The van der Waals surface area contributed by atoms with Gasteiger partial charge >= 0.3 is 0 Å². The van der Waals surface area contributed by atoms with Gasteiger partial charge in [0.15, 0.2) is 11.6 Å². The molecule has 0 fully saturated rings. The number of hydrogen-bond acceptors (Lipinski definition) is 9. The van der Waals surface area contributed by atoms with E-state index in [9.17, 15) is 4.39 Å². The van der Waals surface area contributed by atoms with E-state index >= 15 is 0 Å². The molecule has 37 heavy (non-hydrogen) atoms. The number of halogens is 2. The van der Waals surface area contributed by atoms with Crippen LogP contribution in [-0.2, 0) is 12.7 Å². The number of ether oxygens (including phenoxy) is 1. The van der Waals surface area contributed by atoms with Crippen molar-refractivity contribution >= 4 is 23.1 Å². The van der Waals surface area contributed by atoms with Crippen molar-refractivity contribution in [2.45, 2.75) is 45.9 Å². The van der Waals surface area contributed by atoms with Gasteiger partial charge in [-0.05, 0) is 39.8 Å². The molecule has 0 aliphatic carbocycles. The summed E-state index contributed by atoms with van der Waals surface area (Å²) >= 11 is 6.15. The van der Waals surface area contributed by atoms with Gasteiger partial charge in [0.1, 0.15) is 22.2 Å². The number of alkyl halides is 1. The lowest BCUT2D eigenvalue weighted by Crippen LogP contribution is -2.19. The molecule has 0 amide bonds. The molecule has 0 saturated heterocycles. The molecular formula is C25H29ClFN9O. The normalized spacial score (nSPS) is 12.4. The molecule has 1 atom stereocenters. The minimum Gasteiger partial charge on any atom is -0.474 e. The van der Waals surface area contributed by atoms with Gasteiger partial charge in [-0.3, -0.25) is 0 Å². The summed E-state index contributed by atoms with van der Waals surface area (Å²) in [6, 6.07) is 3.34. The Morgan fingerprint density at radius 2 is 1.89 bits per heavy atom. The Morgan fingerprint density at radius 1 is 1.16 bits per heavy atom. The number of aryl methyl sites for hydroxylation is 2. The number of anilines is 2. The molecule has 3 N–H and O–H groups in total. The maximum atomic E-state index is 14.2. The van der Waals surface area contributed by atoms with E-state index in [2.05, 4.69) is 35.3 Å². The number of hydrogen-bond donors (Lipinski definition) is 2. The molecular weight excluding hydrogens is 497 g/mol. The molecule has 4 rings (SSSR count). The van der Waals surface area contributed by atoms with Crippen LogP contribution in [0.1, 0.15) is 38.4 Å². The van der Waals surface area contributed by atoms with Gasteiger partial charge in [-0.25, -0.2) is 34.0 Å². The largest absolute Gasteiger partial charge is 0.474 e. The molecule has 4 aromatic heterocycles. The highest BCUT2D eigenvalue weighted by atomic mass is 35.5. The Hall–Kier alpha value is -3.86. The molecule has 10 nitrogen and oxygen atoms in total. The molecule has 0 saturated carbocycles. The lowest BCUT2D eigenvalue weighted by molar-refractivity contribution is 0.198. The fourth-order valence-corrected chi connectivity index (χ4v) is 3.87. The lowest BCUT2D eigenvalue weighted by atomic mass is 10.0. The molecule has 12 heteroatoms. The van der Waals surface area contributed by atoms with E-state index in [1.54, 1.807) is 29.2 Å². The zero-order valence-corrected chi connectivity index (χ0v) is 22.1. The first-order valence-corrected chi connectivity index (χ1v) is 12.1. The van der Waals surface area contributed by atoms with Crippen LogP contribution in [0, 0.1) is 6.92 Å². The van der Waals surface area contributed by atoms with Crippen LogP contribution in [0.15, 0.2) is 36.9 Å². The Labute approximate surface area is 219 Å². The van der Waals surface area contributed by atoms with Gasteiger partial charge in [0.25, 0.3) is 0 Å². The summed E-state index contributed by atoms with van der Waals surface area (Å²) in [6.45, 7) is 7.33. The summed E-state index contributed by atoms with van der Waals surface area (Å²) < 4.78 is 22.1. The molecule has 0 unspecified atom stereocenters. The topological polar surface area (TPSA) is 130 Å². The van der Waals surface area contributed by atoms with Crippen molar-refractivity contribution in [2.75, 3.05) is 17.6 Å². The first-order valence-electron chi connectivity index (χ1n) is 11.7. The first kappa shape index (κ1) is 26.2. The number of nitrogen functional groups attached to an aromatic ring is 1. The molecule has 194 valence electrons. The van der Waals surface area contributed by atoms with Gasteiger partial charge in [-0.15, -0.1) is 0 Å². The molecule has 0 aliphatic rings. The van der Waals surface area contributed by atoms with Crippen LogP contribution in [-0.4, -0.2) is 47.3 Å². The Morgan fingerprint density at radius 3 is 2.57 bits per heavy atom. The molecule has 0 aliphatic heterocycles. The number of nitrogens with zero attached hydrogens (tertiary/aromatic N) is 7. The maximum Gasteiger partial charge on any atom is 0.223 e. The third-order valence-electron chi connectivity index (χ3n) is 5.70. The van der Waals surface area contributed by atoms with Crippen LogP contribution < -0.4 is 15.8 Å². The van der Waals surface area contributed by atoms with Crippen LogP contribution in [0.5, 0.6) is 5.88 Å². The summed E-state index contributed by atoms with van der Waals surface area (Å²) in [5.41, 5.74) is 7.53. The van der Waals surface area contributed by atoms with Crippen molar-refractivity contribution in [2.24, 2.45) is 7.05 Å². The standard InChI is InChI=1S/C25H29ClFN9O/c1-14(37-24-21(15(2)35-36(24)5)23-30-9-7-20(28)34-23)6-8-29-18-10-19(26)31-13-17(18)22-32-11-16(12-33-22)25(3,4)27/h7,9-14H,6,8H2,1-5H3,(H,29,31)(H2,28,30,34)/t14-/m0/s1. The average molecular weight is 526 g/mol. The van der Waals surface area contributed by atoms with Crippen LogP contribution in [0.3, 0.4) is 0 Å². The van der Waals surface area contributed by atoms with Crippen molar-refractivity contribution in [3.05, 3.63) is 53.3 Å². The van der Waals surface area contributed by atoms with Crippen molar-refractivity contribution in [3.8, 4) is 28.7 Å². The quantitative estimate of drug-likeness (QED) is 0.297. The molecule has 4 heterocycles. The first-order chi connectivity index (χ1) is 17.5. The molecule has 0 bridgehead atoms. The van der Waals surface area contributed by atoms with Gasteiger partial charge < -0.3 is 15.8 Å². The zero-order valence-electron chi connectivity index (χ0n) is 21.3. The number of nitrogens with two attached hydrogens (primary N) is 1. The van der Waals surface area contributed by atoms with Crippen LogP contribution >= 0.6 is 11.6 Å². The summed E-state index contributed by atoms with van der Waals surface area (Å²) in [6.07, 6.45) is 6.63. The number of aromatic nitrogens is 7. The smallest absolute Gasteiger partial charge is 0.223 e. The maximum absolute atomic E-state index is 14.2. The highest BCUT2D eigenvalue weighted by Crippen LogP contribution is 2.32. The van der Waals surface area contributed by atoms with Gasteiger partial charge in [0, 0.05) is 56.1 Å². The fraction of sp³-hybridized carbons (Fsp3) is 0.360. The van der Waals surface area contributed by atoms with Crippen LogP contribution in [0.2, 0.25) is 5.15 Å². The van der Waals surface area contributed by atoms with Gasteiger partial charge in [0.05, 0.1) is 17.4 Å². The van der Waals surface area contributed by atoms with Gasteiger partial charge in [-0.1, -0.05) is 11.6 Å². The third kappa shape index (κ3) is 6.11. The van der Waals surface area contributed by atoms with Gasteiger partial charge in [0.2, 0.25) is 5.88 Å². The highest BCUT2D eigenvalue weighted by Gasteiger charge is 2.22. The predicted molar refractivity (Wildman–Crippen MR) is 141 cm³/mol. The lowest BCUT2D eigenvalue weighted by Gasteiger charge is -2.18. The number of rotatable bonds is 9. The van der Waals surface area contributed by atoms with E-state index in [1.165, 1.54) is 26.2 Å². The van der Waals surface area contributed by atoms with E-state index in [1.807, 2.05) is 20.9 Å². The van der Waals surface area contributed by atoms with Crippen molar-refractivity contribution in [3.63, 3.8) is 0 Å². The van der Waals surface area contributed by atoms with E-state index in [4.69, 9.17) is 22.1 Å². The fourth-order valence-electron chi connectivity index (χ4n) is 3.71. The van der Waals surface area contributed by atoms with Crippen molar-refractivity contribution < 1.29 is 9.13 Å². The number of nitrogens with one attached hydrogen (secondary N) is 1. The van der Waals surface area contributed by atoms with E-state index < -0.39 is 5.67 Å². The van der Waals surface area contributed by atoms with E-state index in [0.717, 1.165) is 5.69 Å². The Kier molecular flexibility index (Phi) is 7.53. The minimum atomic E-state index is -1.53. The monoisotopic (exact) mass is 525 g/mol. The predicted octanol–water partition coefficient (Wildman–Crippen LogP) is 4.75. The summed E-state index contributed by atoms with van der Waals surface area (Å²) in [4.78, 5) is 21.5. The number of pyridine rings is 1. The second-order valence-corrected chi connectivity index (χ2v) is 9.55. The highest BCUT2D eigenvalue weighted by molar-refractivity contribution is 6.29. The van der Waals surface area contributed by atoms with Gasteiger partial charge in [-0.2, -0.15) is 5.10 Å². The molecule has 0 aromatic carbocycles. The van der Waals surface area contributed by atoms with Crippen molar-refractivity contribution in [1.29, 1.82) is 0 Å².